The van der Waals surface area contributed by atoms with Gasteiger partial charge in [-0.25, -0.2) is 4.98 Å². The molecule has 1 aliphatic heterocycles. The molecule has 0 saturated carbocycles. The molecule has 0 fully saturated rings. The van der Waals surface area contributed by atoms with Crippen molar-refractivity contribution in [2.45, 2.75) is 19.8 Å². The Hall–Kier alpha value is -3.54. The van der Waals surface area contributed by atoms with Crippen molar-refractivity contribution in [2.24, 2.45) is 0 Å². The Morgan fingerprint density at radius 1 is 0.966 bits per heavy atom. The van der Waals surface area contributed by atoms with Crippen LogP contribution in [0.2, 0.25) is 0 Å². The van der Waals surface area contributed by atoms with Gasteiger partial charge in [0, 0.05) is 17.4 Å². The number of fused-ring (bicyclic) bond motifs is 1. The Morgan fingerprint density at radius 3 is 2.48 bits per heavy atom. The average molecular weight is 389 g/mol. The number of aromatic nitrogens is 1. The molecule has 2 heterocycles. The van der Waals surface area contributed by atoms with Gasteiger partial charge in [-0.05, 0) is 41.8 Å². The highest BCUT2D eigenvalue weighted by atomic mass is 16.6. The summed E-state index contributed by atoms with van der Waals surface area (Å²) >= 11 is 0. The number of pyridine rings is 1. The fourth-order valence-corrected chi connectivity index (χ4v) is 3.19. The molecule has 1 amide bonds. The molecule has 148 valence electrons. The molecular formula is C23H23N3O3. The zero-order valence-electron chi connectivity index (χ0n) is 16.4. The monoisotopic (exact) mass is 389 g/mol. The molecule has 0 unspecified atom stereocenters. The van der Waals surface area contributed by atoms with Crippen molar-refractivity contribution >= 4 is 23.0 Å². The van der Waals surface area contributed by atoms with Crippen LogP contribution in [0, 0.1) is 0 Å². The number of rotatable bonds is 5. The van der Waals surface area contributed by atoms with Gasteiger partial charge in [0.15, 0.2) is 11.5 Å². The first-order valence-electron chi connectivity index (χ1n) is 9.63. The van der Waals surface area contributed by atoms with Crippen molar-refractivity contribution in [3.8, 4) is 11.5 Å². The predicted octanol–water partition coefficient (Wildman–Crippen LogP) is 4.97. The number of nitrogens with zero attached hydrogens (tertiary/aromatic N) is 1. The van der Waals surface area contributed by atoms with E-state index in [0.29, 0.717) is 30.6 Å². The molecule has 0 aliphatic carbocycles. The van der Waals surface area contributed by atoms with E-state index in [4.69, 9.17) is 9.47 Å². The Morgan fingerprint density at radius 2 is 1.72 bits per heavy atom. The third kappa shape index (κ3) is 4.32. The fraction of sp³-hybridized carbons (Fsp3) is 0.217. The number of hydrogen-bond donors (Lipinski definition) is 2. The van der Waals surface area contributed by atoms with Crippen molar-refractivity contribution < 1.29 is 14.3 Å². The lowest BCUT2D eigenvalue weighted by Crippen LogP contribution is -2.15. The second-order valence-electron chi connectivity index (χ2n) is 7.11. The Labute approximate surface area is 169 Å². The quantitative estimate of drug-likeness (QED) is 0.644. The number of carbonyl (C=O) groups excluding carboxylic acids is 1. The van der Waals surface area contributed by atoms with E-state index in [0.717, 1.165) is 28.4 Å². The molecule has 0 spiro atoms. The largest absolute Gasteiger partial charge is 0.486 e. The summed E-state index contributed by atoms with van der Waals surface area (Å²) in [6, 6.07) is 17.0. The van der Waals surface area contributed by atoms with Crippen LogP contribution >= 0.6 is 0 Å². The summed E-state index contributed by atoms with van der Waals surface area (Å²) in [5, 5.41) is 6.22. The van der Waals surface area contributed by atoms with Crippen molar-refractivity contribution in [3.05, 3.63) is 72.1 Å². The van der Waals surface area contributed by atoms with E-state index < -0.39 is 0 Å². The summed E-state index contributed by atoms with van der Waals surface area (Å²) in [5.74, 6) is 1.55. The van der Waals surface area contributed by atoms with E-state index in [-0.39, 0.29) is 5.91 Å². The van der Waals surface area contributed by atoms with Crippen LogP contribution in [0.15, 0.2) is 60.8 Å². The molecular weight excluding hydrogens is 366 g/mol. The maximum absolute atomic E-state index is 12.6. The van der Waals surface area contributed by atoms with Crippen molar-refractivity contribution in [1.82, 2.24) is 4.98 Å². The highest BCUT2D eigenvalue weighted by molar-refractivity contribution is 6.03. The van der Waals surface area contributed by atoms with Gasteiger partial charge in [0.2, 0.25) is 0 Å². The van der Waals surface area contributed by atoms with Crippen LogP contribution in [0.4, 0.5) is 17.1 Å². The minimum absolute atomic E-state index is 0.232. The summed E-state index contributed by atoms with van der Waals surface area (Å²) in [5.41, 5.74) is 3.90. The molecule has 4 rings (SSSR count). The maximum atomic E-state index is 12.6. The molecule has 3 aromatic rings. The third-order valence-corrected chi connectivity index (χ3v) is 4.66. The SMILES string of the molecule is CC(C)c1ccccc1NC(=O)c1ccc(Nc2ccc3c(c2)OCCO3)cn1. The van der Waals surface area contributed by atoms with Crippen LogP contribution < -0.4 is 20.1 Å². The smallest absolute Gasteiger partial charge is 0.274 e. The lowest BCUT2D eigenvalue weighted by atomic mass is 10.0. The van der Waals surface area contributed by atoms with E-state index in [1.807, 2.05) is 48.5 Å². The fourth-order valence-electron chi connectivity index (χ4n) is 3.19. The summed E-state index contributed by atoms with van der Waals surface area (Å²) < 4.78 is 11.1. The normalized spacial score (nSPS) is 12.5. The molecule has 2 aromatic carbocycles. The van der Waals surface area contributed by atoms with Gasteiger partial charge in [0.25, 0.3) is 5.91 Å². The van der Waals surface area contributed by atoms with Gasteiger partial charge in [-0.1, -0.05) is 32.0 Å². The van der Waals surface area contributed by atoms with Crippen LogP contribution in [0.1, 0.15) is 35.8 Å². The topological polar surface area (TPSA) is 72.5 Å². The van der Waals surface area contributed by atoms with Crippen LogP contribution in [-0.2, 0) is 0 Å². The average Bonchev–Trinajstić information content (AvgIpc) is 2.74. The molecule has 6 nitrogen and oxygen atoms in total. The van der Waals surface area contributed by atoms with E-state index in [1.165, 1.54) is 0 Å². The lowest BCUT2D eigenvalue weighted by Gasteiger charge is -2.19. The standard InChI is InChI=1S/C23H23N3O3/c1-15(2)18-5-3-4-6-19(18)26-23(27)20-9-7-17(14-24-20)25-16-8-10-21-22(13-16)29-12-11-28-21/h3-10,13-15,25H,11-12H2,1-2H3,(H,26,27). The maximum Gasteiger partial charge on any atom is 0.274 e. The first-order chi connectivity index (χ1) is 14.1. The number of benzene rings is 2. The predicted molar refractivity (Wildman–Crippen MR) is 113 cm³/mol. The number of hydrogen-bond acceptors (Lipinski definition) is 5. The molecule has 0 bridgehead atoms. The molecule has 6 heteroatoms. The number of nitrogens with one attached hydrogen (secondary N) is 2. The van der Waals surface area contributed by atoms with Gasteiger partial charge in [-0.2, -0.15) is 0 Å². The van der Waals surface area contributed by atoms with Crippen molar-refractivity contribution in [2.75, 3.05) is 23.8 Å². The molecule has 0 radical (unpaired) electrons. The summed E-state index contributed by atoms with van der Waals surface area (Å²) in [6.45, 7) is 5.31. The van der Waals surface area contributed by atoms with Crippen LogP contribution in [0.5, 0.6) is 11.5 Å². The zero-order chi connectivity index (χ0) is 20.2. The van der Waals surface area contributed by atoms with Crippen molar-refractivity contribution in [1.29, 1.82) is 0 Å². The zero-order valence-corrected chi connectivity index (χ0v) is 16.4. The van der Waals surface area contributed by atoms with Crippen LogP contribution in [0.25, 0.3) is 0 Å². The summed E-state index contributed by atoms with van der Waals surface area (Å²) in [6.07, 6.45) is 1.64. The van der Waals surface area contributed by atoms with E-state index >= 15 is 0 Å². The molecule has 0 atom stereocenters. The van der Waals surface area contributed by atoms with E-state index in [1.54, 1.807) is 12.3 Å². The van der Waals surface area contributed by atoms with Gasteiger partial charge in [-0.15, -0.1) is 0 Å². The second-order valence-corrected chi connectivity index (χ2v) is 7.11. The number of para-hydroxylation sites is 1. The third-order valence-electron chi connectivity index (χ3n) is 4.66. The second kappa shape index (κ2) is 8.22. The van der Waals surface area contributed by atoms with Gasteiger partial charge in [0.1, 0.15) is 18.9 Å². The number of carbonyl (C=O) groups is 1. The highest BCUT2D eigenvalue weighted by Gasteiger charge is 2.13. The highest BCUT2D eigenvalue weighted by Crippen LogP contribution is 2.33. The summed E-state index contributed by atoms with van der Waals surface area (Å²) in [4.78, 5) is 16.9. The lowest BCUT2D eigenvalue weighted by molar-refractivity contribution is 0.102. The van der Waals surface area contributed by atoms with Gasteiger partial charge in [-0.3, -0.25) is 4.79 Å². The number of anilines is 3. The first kappa shape index (κ1) is 18.8. The minimum atomic E-state index is -0.232. The first-order valence-corrected chi connectivity index (χ1v) is 9.63. The Bertz CT molecular complexity index is 1020. The molecule has 1 aromatic heterocycles. The molecule has 2 N–H and O–H groups in total. The van der Waals surface area contributed by atoms with Crippen LogP contribution in [0.3, 0.4) is 0 Å². The number of ether oxygens (including phenoxy) is 2. The van der Waals surface area contributed by atoms with E-state index in [9.17, 15) is 4.79 Å². The number of amides is 1. The van der Waals surface area contributed by atoms with E-state index in [2.05, 4.69) is 29.5 Å². The van der Waals surface area contributed by atoms with Gasteiger partial charge in [0.05, 0.1) is 11.9 Å². The van der Waals surface area contributed by atoms with Gasteiger partial charge >= 0.3 is 0 Å². The minimum Gasteiger partial charge on any atom is -0.486 e. The summed E-state index contributed by atoms with van der Waals surface area (Å²) in [7, 11) is 0. The Kier molecular flexibility index (Phi) is 5.33. The molecule has 1 aliphatic rings. The molecule has 29 heavy (non-hydrogen) atoms. The Balaban J connectivity index is 1.45. The molecule has 0 saturated heterocycles. The van der Waals surface area contributed by atoms with Crippen molar-refractivity contribution in [3.63, 3.8) is 0 Å². The van der Waals surface area contributed by atoms with Crippen LogP contribution in [-0.4, -0.2) is 24.1 Å². The van der Waals surface area contributed by atoms with Gasteiger partial charge < -0.3 is 20.1 Å².